The second kappa shape index (κ2) is 5.78. The zero-order chi connectivity index (χ0) is 11.3. The topological polar surface area (TPSA) is 35.5 Å². The number of esters is 1. The van der Waals surface area contributed by atoms with Gasteiger partial charge in [0, 0.05) is 12.0 Å². The fourth-order valence-electron chi connectivity index (χ4n) is 1.18. The van der Waals surface area contributed by atoms with Gasteiger partial charge < -0.3 is 9.47 Å². The fraction of sp³-hybridized carbons (Fsp3) is 0.364. The summed E-state index contributed by atoms with van der Waals surface area (Å²) < 4.78 is 9.87. The first-order valence-corrected chi connectivity index (χ1v) is 5.11. The fourth-order valence-corrected chi connectivity index (χ4v) is 1.46. The third kappa shape index (κ3) is 3.25. The molecule has 0 atom stereocenters. The summed E-state index contributed by atoms with van der Waals surface area (Å²) in [7, 11) is 1.62. The lowest BCUT2D eigenvalue weighted by atomic mass is 10.1. The van der Waals surface area contributed by atoms with E-state index in [0.717, 1.165) is 10.5 Å². The molecule has 0 saturated carbocycles. The van der Waals surface area contributed by atoms with Crippen LogP contribution in [-0.4, -0.2) is 19.7 Å². The standard InChI is InChI=1S/C11H14O3S/c1-3-14-11(12)8-4-5-9(7-13-2)10(15)6-8/h4-6,15H,3,7H2,1-2H3. The number of thiol groups is 1. The minimum Gasteiger partial charge on any atom is -0.462 e. The molecule has 0 aromatic heterocycles. The van der Waals surface area contributed by atoms with Crippen LogP contribution in [-0.2, 0) is 16.1 Å². The van der Waals surface area contributed by atoms with E-state index in [1.54, 1.807) is 26.2 Å². The highest BCUT2D eigenvalue weighted by Gasteiger charge is 2.08. The normalized spacial score (nSPS) is 10.1. The molecule has 1 aromatic rings. The summed E-state index contributed by atoms with van der Waals surface area (Å²) in [4.78, 5) is 12.1. The van der Waals surface area contributed by atoms with Gasteiger partial charge in [0.2, 0.25) is 0 Å². The Balaban J connectivity index is 2.86. The van der Waals surface area contributed by atoms with Gasteiger partial charge in [0.05, 0.1) is 18.8 Å². The second-order valence-electron chi connectivity index (χ2n) is 3.00. The Morgan fingerprint density at radius 2 is 2.20 bits per heavy atom. The Bertz CT molecular complexity index is 350. The van der Waals surface area contributed by atoms with Gasteiger partial charge in [0.1, 0.15) is 0 Å². The lowest BCUT2D eigenvalue weighted by molar-refractivity contribution is 0.0526. The Morgan fingerprint density at radius 1 is 1.47 bits per heavy atom. The zero-order valence-electron chi connectivity index (χ0n) is 8.82. The lowest BCUT2D eigenvalue weighted by Crippen LogP contribution is -2.05. The van der Waals surface area contributed by atoms with Crippen LogP contribution in [0.2, 0.25) is 0 Å². The minimum atomic E-state index is -0.322. The molecule has 15 heavy (non-hydrogen) atoms. The van der Waals surface area contributed by atoms with Crippen LogP contribution in [0.1, 0.15) is 22.8 Å². The molecular weight excluding hydrogens is 212 g/mol. The first-order valence-electron chi connectivity index (χ1n) is 4.67. The van der Waals surface area contributed by atoms with Crippen LogP contribution in [0.25, 0.3) is 0 Å². The molecule has 0 amide bonds. The Hall–Kier alpha value is -1.00. The van der Waals surface area contributed by atoms with Crippen LogP contribution in [0, 0.1) is 0 Å². The van der Waals surface area contributed by atoms with Gasteiger partial charge in [-0.05, 0) is 24.6 Å². The lowest BCUT2D eigenvalue weighted by Gasteiger charge is -2.06. The number of ether oxygens (including phenoxy) is 2. The summed E-state index contributed by atoms with van der Waals surface area (Å²) in [5.41, 5.74) is 1.47. The second-order valence-corrected chi connectivity index (χ2v) is 3.48. The van der Waals surface area contributed by atoms with E-state index in [2.05, 4.69) is 12.6 Å². The molecule has 4 heteroatoms. The summed E-state index contributed by atoms with van der Waals surface area (Å²) in [5.74, 6) is -0.322. The summed E-state index contributed by atoms with van der Waals surface area (Å²) >= 11 is 4.28. The third-order valence-corrected chi connectivity index (χ3v) is 2.31. The van der Waals surface area contributed by atoms with E-state index in [-0.39, 0.29) is 5.97 Å². The minimum absolute atomic E-state index is 0.322. The van der Waals surface area contributed by atoms with E-state index in [9.17, 15) is 4.79 Å². The van der Waals surface area contributed by atoms with Crippen molar-refractivity contribution < 1.29 is 14.3 Å². The highest BCUT2D eigenvalue weighted by molar-refractivity contribution is 7.80. The molecule has 82 valence electrons. The number of carbonyl (C=O) groups is 1. The van der Waals surface area contributed by atoms with Crippen LogP contribution < -0.4 is 0 Å². The van der Waals surface area contributed by atoms with Gasteiger partial charge >= 0.3 is 5.97 Å². The summed E-state index contributed by atoms with van der Waals surface area (Å²) in [6.07, 6.45) is 0. The van der Waals surface area contributed by atoms with Crippen molar-refractivity contribution in [2.45, 2.75) is 18.4 Å². The van der Waals surface area contributed by atoms with E-state index >= 15 is 0 Å². The Kier molecular flexibility index (Phi) is 4.65. The molecule has 1 rings (SSSR count). The molecule has 0 saturated heterocycles. The number of methoxy groups -OCH3 is 1. The highest BCUT2D eigenvalue weighted by atomic mass is 32.1. The Labute approximate surface area is 94.8 Å². The van der Waals surface area contributed by atoms with E-state index in [1.165, 1.54) is 0 Å². The molecule has 0 unspecified atom stereocenters. The summed E-state index contributed by atoms with van der Waals surface area (Å²) in [6, 6.07) is 5.22. The number of benzene rings is 1. The maximum atomic E-state index is 11.4. The maximum absolute atomic E-state index is 11.4. The molecule has 0 aliphatic rings. The van der Waals surface area contributed by atoms with Crippen LogP contribution in [0.3, 0.4) is 0 Å². The van der Waals surface area contributed by atoms with E-state index in [1.807, 2.05) is 6.07 Å². The van der Waals surface area contributed by atoms with Gasteiger partial charge in [-0.15, -0.1) is 12.6 Å². The van der Waals surface area contributed by atoms with Crippen molar-refractivity contribution >= 4 is 18.6 Å². The van der Waals surface area contributed by atoms with Gasteiger partial charge in [-0.1, -0.05) is 6.07 Å². The quantitative estimate of drug-likeness (QED) is 0.632. The van der Waals surface area contributed by atoms with Crippen molar-refractivity contribution in [3.63, 3.8) is 0 Å². The largest absolute Gasteiger partial charge is 0.462 e. The van der Waals surface area contributed by atoms with Crippen molar-refractivity contribution in [1.82, 2.24) is 0 Å². The first kappa shape index (κ1) is 12.1. The molecule has 0 aliphatic heterocycles. The average molecular weight is 226 g/mol. The van der Waals surface area contributed by atoms with Crippen molar-refractivity contribution in [3.8, 4) is 0 Å². The van der Waals surface area contributed by atoms with Crippen LogP contribution >= 0.6 is 12.6 Å². The molecule has 0 spiro atoms. The number of hydrogen-bond donors (Lipinski definition) is 1. The van der Waals surface area contributed by atoms with E-state index in [0.29, 0.717) is 18.8 Å². The molecule has 0 radical (unpaired) electrons. The molecule has 0 fully saturated rings. The molecule has 3 nitrogen and oxygen atoms in total. The van der Waals surface area contributed by atoms with Gasteiger partial charge in [0.15, 0.2) is 0 Å². The van der Waals surface area contributed by atoms with Gasteiger partial charge in [-0.25, -0.2) is 4.79 Å². The highest BCUT2D eigenvalue weighted by Crippen LogP contribution is 2.17. The zero-order valence-corrected chi connectivity index (χ0v) is 9.71. The van der Waals surface area contributed by atoms with Gasteiger partial charge in [0.25, 0.3) is 0 Å². The van der Waals surface area contributed by atoms with Crippen LogP contribution in [0.4, 0.5) is 0 Å². The third-order valence-electron chi connectivity index (χ3n) is 1.90. The van der Waals surface area contributed by atoms with Crippen molar-refractivity contribution in [2.75, 3.05) is 13.7 Å². The summed E-state index contributed by atoms with van der Waals surface area (Å²) in [6.45, 7) is 2.64. The van der Waals surface area contributed by atoms with E-state index < -0.39 is 0 Å². The number of rotatable bonds is 4. The van der Waals surface area contributed by atoms with Crippen molar-refractivity contribution in [1.29, 1.82) is 0 Å². The number of hydrogen-bond acceptors (Lipinski definition) is 4. The van der Waals surface area contributed by atoms with Crippen molar-refractivity contribution in [2.24, 2.45) is 0 Å². The van der Waals surface area contributed by atoms with E-state index in [4.69, 9.17) is 9.47 Å². The molecule has 0 heterocycles. The predicted molar refractivity (Wildman–Crippen MR) is 60.4 cm³/mol. The first-order chi connectivity index (χ1) is 7.19. The molecular formula is C11H14O3S. The van der Waals surface area contributed by atoms with Crippen molar-refractivity contribution in [3.05, 3.63) is 29.3 Å². The predicted octanol–water partition coefficient (Wildman–Crippen LogP) is 2.30. The maximum Gasteiger partial charge on any atom is 0.338 e. The molecule has 0 N–H and O–H groups in total. The smallest absolute Gasteiger partial charge is 0.338 e. The summed E-state index contributed by atoms with van der Waals surface area (Å²) in [5, 5.41) is 0. The SMILES string of the molecule is CCOC(=O)c1ccc(COC)c(S)c1. The number of carbonyl (C=O) groups excluding carboxylic acids is 1. The Morgan fingerprint density at radius 3 is 2.73 bits per heavy atom. The molecule has 0 aliphatic carbocycles. The van der Waals surface area contributed by atoms with Crippen LogP contribution in [0.5, 0.6) is 0 Å². The molecule has 0 bridgehead atoms. The van der Waals surface area contributed by atoms with Crippen LogP contribution in [0.15, 0.2) is 23.1 Å². The van der Waals surface area contributed by atoms with Gasteiger partial charge in [-0.3, -0.25) is 0 Å². The average Bonchev–Trinajstić information content (AvgIpc) is 2.21. The molecule has 1 aromatic carbocycles. The monoisotopic (exact) mass is 226 g/mol. The van der Waals surface area contributed by atoms with Gasteiger partial charge in [-0.2, -0.15) is 0 Å².